The second-order valence-corrected chi connectivity index (χ2v) is 1.32. The number of hydrogen-bond donors (Lipinski definition) is 3. The number of hydrogen-bond acceptors (Lipinski definition) is 2. The molecule has 0 amide bonds. The van der Waals surface area contributed by atoms with Gasteiger partial charge in [-0.25, -0.2) is 0 Å². The van der Waals surface area contributed by atoms with Gasteiger partial charge in [0.15, 0.2) is 0 Å². The van der Waals surface area contributed by atoms with Gasteiger partial charge in [0.25, 0.3) is 0 Å². The van der Waals surface area contributed by atoms with Crippen molar-refractivity contribution in [3.63, 3.8) is 0 Å². The highest BCUT2D eigenvalue weighted by atomic mass is 19.2. The maximum absolute atomic E-state index is 11.2. The van der Waals surface area contributed by atoms with Crippen LogP contribution in [0.5, 0.6) is 0 Å². The van der Waals surface area contributed by atoms with Crippen LogP contribution in [0.15, 0.2) is 18.5 Å². The molecule has 3 N–H and O–H groups in total. The molecule has 4 heteroatoms. The summed E-state index contributed by atoms with van der Waals surface area (Å²) < 4.78 is 11.2. The monoisotopic (exact) mass is 115 g/mol. The van der Waals surface area contributed by atoms with Gasteiger partial charge in [0, 0.05) is 12.4 Å². The van der Waals surface area contributed by atoms with Crippen molar-refractivity contribution in [2.75, 3.05) is 5.43 Å². The number of hydrazine groups is 1. The molecule has 8 heavy (non-hydrogen) atoms. The van der Waals surface area contributed by atoms with Crippen LogP contribution in [0.2, 0.25) is 0 Å². The second-order valence-electron chi connectivity index (χ2n) is 1.32. The summed E-state index contributed by atoms with van der Waals surface area (Å²) in [5, 5.41) is 0. The molecule has 0 bridgehead atoms. The van der Waals surface area contributed by atoms with Gasteiger partial charge in [0.1, 0.15) is 0 Å². The smallest absolute Gasteiger partial charge is 0.0686 e. The lowest BCUT2D eigenvalue weighted by molar-refractivity contribution is 0.376. The first kappa shape index (κ1) is 5.11. The molecular formula is C4H6FN3. The van der Waals surface area contributed by atoms with Gasteiger partial charge in [-0.1, -0.05) is 5.65 Å². The van der Waals surface area contributed by atoms with E-state index >= 15 is 0 Å². The lowest BCUT2D eigenvalue weighted by atomic mass is 10.6. The molecule has 0 radical (unpaired) electrons. The average Bonchev–Trinajstić information content (AvgIpc) is 2.19. The molecule has 3 nitrogen and oxygen atoms in total. The molecule has 0 fully saturated rings. The normalized spacial score (nSPS) is 9.12. The summed E-state index contributed by atoms with van der Waals surface area (Å²) in [6, 6.07) is 1.70. The highest BCUT2D eigenvalue weighted by molar-refractivity contribution is 5.38. The van der Waals surface area contributed by atoms with E-state index in [0.29, 0.717) is 5.69 Å². The zero-order valence-corrected chi connectivity index (χ0v) is 4.11. The van der Waals surface area contributed by atoms with E-state index in [1.807, 2.05) is 0 Å². The Hall–Kier alpha value is -1.03. The lowest BCUT2D eigenvalue weighted by Gasteiger charge is -1.92. The van der Waals surface area contributed by atoms with E-state index in [1.54, 1.807) is 18.5 Å². The van der Waals surface area contributed by atoms with Crippen LogP contribution >= 0.6 is 0 Å². The molecule has 0 aliphatic rings. The Morgan fingerprint density at radius 2 is 2.50 bits per heavy atom. The first-order valence-corrected chi connectivity index (χ1v) is 2.18. The topological polar surface area (TPSA) is 39.8 Å². The van der Waals surface area contributed by atoms with Crippen LogP contribution in [0.4, 0.5) is 10.2 Å². The van der Waals surface area contributed by atoms with Crippen molar-refractivity contribution < 1.29 is 4.48 Å². The minimum Gasteiger partial charge on any atom is -0.366 e. The predicted molar refractivity (Wildman–Crippen MR) is 28.7 cm³/mol. The van der Waals surface area contributed by atoms with Gasteiger partial charge in [0.05, 0.1) is 5.69 Å². The fourth-order valence-electron chi connectivity index (χ4n) is 0.456. The summed E-state index contributed by atoms with van der Waals surface area (Å²) in [6.07, 6.45) is 3.33. The van der Waals surface area contributed by atoms with Crippen LogP contribution in [0.25, 0.3) is 0 Å². The zero-order valence-electron chi connectivity index (χ0n) is 4.11. The van der Waals surface area contributed by atoms with Gasteiger partial charge in [0.2, 0.25) is 0 Å². The molecular weight excluding hydrogens is 109 g/mol. The maximum Gasteiger partial charge on any atom is 0.0686 e. The molecule has 1 aromatic rings. The Labute approximate surface area is 45.8 Å². The van der Waals surface area contributed by atoms with Gasteiger partial charge >= 0.3 is 0 Å². The SMILES string of the molecule is FNNc1cc[nH]c1. The third kappa shape index (κ3) is 0.974. The van der Waals surface area contributed by atoms with Crippen LogP contribution in [0.3, 0.4) is 0 Å². The van der Waals surface area contributed by atoms with Gasteiger partial charge < -0.3 is 4.98 Å². The van der Waals surface area contributed by atoms with Crippen LogP contribution in [0, 0.1) is 0 Å². The maximum atomic E-state index is 11.2. The number of aromatic amines is 1. The second kappa shape index (κ2) is 2.32. The van der Waals surface area contributed by atoms with Crippen LogP contribution < -0.4 is 11.1 Å². The van der Waals surface area contributed by atoms with Gasteiger partial charge in [-0.05, 0) is 6.07 Å². The molecule has 0 aromatic carbocycles. The number of rotatable bonds is 2. The van der Waals surface area contributed by atoms with Crippen LogP contribution in [-0.2, 0) is 0 Å². The average molecular weight is 115 g/mol. The molecule has 0 saturated carbocycles. The summed E-state index contributed by atoms with van der Waals surface area (Å²) in [5.74, 6) is 0. The Balaban J connectivity index is 2.50. The van der Waals surface area contributed by atoms with E-state index in [2.05, 4.69) is 10.4 Å². The van der Waals surface area contributed by atoms with Crippen molar-refractivity contribution in [3.05, 3.63) is 18.5 Å². The summed E-state index contributed by atoms with van der Waals surface area (Å²) in [6.45, 7) is 0. The Morgan fingerprint density at radius 1 is 1.62 bits per heavy atom. The first-order valence-electron chi connectivity index (χ1n) is 2.18. The molecule has 0 saturated heterocycles. The van der Waals surface area contributed by atoms with Crippen molar-refractivity contribution in [1.82, 2.24) is 10.6 Å². The standard InChI is InChI=1S/C4H6FN3/c5-8-7-4-1-2-6-3-4/h1-3,6-8H. The Kier molecular flexibility index (Phi) is 1.48. The number of nitrogens with one attached hydrogen (secondary N) is 3. The lowest BCUT2D eigenvalue weighted by Crippen LogP contribution is -2.08. The fourth-order valence-corrected chi connectivity index (χ4v) is 0.456. The van der Waals surface area contributed by atoms with Crippen LogP contribution in [0.1, 0.15) is 0 Å². The number of halogens is 1. The Bertz CT molecular complexity index is 137. The zero-order chi connectivity index (χ0) is 5.82. The van der Waals surface area contributed by atoms with E-state index in [9.17, 15) is 4.48 Å². The number of anilines is 1. The third-order valence-corrected chi connectivity index (χ3v) is 0.790. The molecule has 0 spiro atoms. The summed E-state index contributed by atoms with van der Waals surface area (Å²) >= 11 is 0. The number of H-pyrrole nitrogens is 1. The van der Waals surface area contributed by atoms with Crippen LogP contribution in [-0.4, -0.2) is 4.98 Å². The summed E-state index contributed by atoms with van der Waals surface area (Å²) in [4.78, 5) is 2.75. The molecule has 0 aliphatic heterocycles. The molecule has 0 aliphatic carbocycles. The Morgan fingerprint density at radius 3 is 3.00 bits per heavy atom. The van der Waals surface area contributed by atoms with E-state index in [0.717, 1.165) is 0 Å². The molecule has 1 aromatic heterocycles. The third-order valence-electron chi connectivity index (χ3n) is 0.790. The van der Waals surface area contributed by atoms with Crippen molar-refractivity contribution in [1.29, 1.82) is 0 Å². The van der Waals surface area contributed by atoms with E-state index in [1.165, 1.54) is 5.65 Å². The first-order chi connectivity index (χ1) is 3.93. The molecule has 0 atom stereocenters. The van der Waals surface area contributed by atoms with E-state index < -0.39 is 0 Å². The van der Waals surface area contributed by atoms with Gasteiger partial charge in [-0.2, -0.15) is 0 Å². The highest BCUT2D eigenvalue weighted by Crippen LogP contribution is 1.99. The molecule has 44 valence electrons. The van der Waals surface area contributed by atoms with Crippen molar-refractivity contribution in [2.45, 2.75) is 0 Å². The van der Waals surface area contributed by atoms with Crippen molar-refractivity contribution >= 4 is 5.69 Å². The van der Waals surface area contributed by atoms with Gasteiger partial charge in [-0.3, -0.25) is 5.43 Å². The fraction of sp³-hybridized carbons (Fsp3) is 0. The number of aromatic nitrogens is 1. The highest BCUT2D eigenvalue weighted by Gasteiger charge is 1.84. The predicted octanol–water partition coefficient (Wildman–Crippen LogP) is 0.816. The molecule has 0 unspecified atom stereocenters. The van der Waals surface area contributed by atoms with Crippen molar-refractivity contribution in [3.8, 4) is 0 Å². The van der Waals surface area contributed by atoms with Gasteiger partial charge in [-0.15, -0.1) is 4.48 Å². The summed E-state index contributed by atoms with van der Waals surface area (Å²) in [7, 11) is 0. The van der Waals surface area contributed by atoms with E-state index in [-0.39, 0.29) is 0 Å². The molecule has 1 rings (SSSR count). The summed E-state index contributed by atoms with van der Waals surface area (Å²) in [5.41, 5.74) is 4.21. The quantitative estimate of drug-likeness (QED) is 0.394. The van der Waals surface area contributed by atoms with Crippen molar-refractivity contribution in [2.24, 2.45) is 0 Å². The minimum atomic E-state index is 0.674. The molecule has 1 heterocycles. The minimum absolute atomic E-state index is 0.674. The van der Waals surface area contributed by atoms with E-state index in [4.69, 9.17) is 0 Å². The largest absolute Gasteiger partial charge is 0.366 e.